The Morgan fingerprint density at radius 3 is 2.95 bits per heavy atom. The molecule has 0 aliphatic rings. The minimum absolute atomic E-state index is 0.113. The number of nitrogens with one attached hydrogen (secondary N) is 2. The summed E-state index contributed by atoms with van der Waals surface area (Å²) in [6, 6.07) is 1.83. The zero-order valence-corrected chi connectivity index (χ0v) is 14.1. The van der Waals surface area contributed by atoms with Gasteiger partial charge in [-0.3, -0.25) is 5.10 Å². The van der Waals surface area contributed by atoms with Crippen molar-refractivity contribution in [3.63, 3.8) is 0 Å². The molecule has 0 bridgehead atoms. The van der Waals surface area contributed by atoms with E-state index < -0.39 is 16.0 Å². The number of aromatic nitrogens is 2. The molecule has 21 heavy (non-hydrogen) atoms. The van der Waals surface area contributed by atoms with Crippen molar-refractivity contribution in [1.82, 2.24) is 14.9 Å². The number of nitrogens with zero attached hydrogens (tertiary/aromatic N) is 1. The highest BCUT2D eigenvalue weighted by molar-refractivity contribution is 9.10. The van der Waals surface area contributed by atoms with Crippen LogP contribution >= 0.6 is 27.3 Å². The third-order valence-corrected chi connectivity index (χ3v) is 5.78. The quantitative estimate of drug-likeness (QED) is 0.729. The van der Waals surface area contributed by atoms with Gasteiger partial charge in [0.1, 0.15) is 5.56 Å². The SMILES string of the molecule is CCOC(=O)c1cn[nH]c1S(=O)(=O)NCc1sccc1Br. The van der Waals surface area contributed by atoms with Crippen LogP contribution in [0.3, 0.4) is 0 Å². The van der Waals surface area contributed by atoms with Crippen LogP contribution in [-0.2, 0) is 21.3 Å². The van der Waals surface area contributed by atoms with Crippen LogP contribution in [0.2, 0.25) is 0 Å². The van der Waals surface area contributed by atoms with Crippen LogP contribution in [0.15, 0.2) is 27.1 Å². The van der Waals surface area contributed by atoms with Crippen molar-refractivity contribution in [3.8, 4) is 0 Å². The molecule has 2 N–H and O–H groups in total. The van der Waals surface area contributed by atoms with E-state index in [2.05, 4.69) is 30.8 Å². The van der Waals surface area contributed by atoms with Crippen LogP contribution in [0.5, 0.6) is 0 Å². The molecule has 7 nitrogen and oxygen atoms in total. The highest BCUT2D eigenvalue weighted by atomic mass is 79.9. The summed E-state index contributed by atoms with van der Waals surface area (Å²) in [7, 11) is -3.89. The number of esters is 1. The molecule has 2 rings (SSSR count). The fraction of sp³-hybridized carbons (Fsp3) is 0.273. The van der Waals surface area contributed by atoms with E-state index in [1.807, 2.05) is 11.4 Å². The lowest BCUT2D eigenvalue weighted by Gasteiger charge is -2.06. The van der Waals surface area contributed by atoms with Crippen molar-refractivity contribution in [2.75, 3.05) is 6.61 Å². The van der Waals surface area contributed by atoms with Crippen molar-refractivity contribution in [3.05, 3.63) is 32.6 Å². The number of thiophene rings is 1. The zero-order chi connectivity index (χ0) is 15.5. The molecule has 2 heterocycles. The maximum atomic E-state index is 12.2. The fourth-order valence-corrected chi connectivity index (χ4v) is 4.12. The maximum Gasteiger partial charge on any atom is 0.342 e. The molecule has 0 aromatic carbocycles. The standard InChI is InChI=1S/C11H12BrN3O4S2/c1-2-19-11(16)7-5-13-15-10(7)21(17,18)14-6-9-8(12)3-4-20-9/h3-5,14H,2,6H2,1H3,(H,13,15). The Morgan fingerprint density at radius 2 is 2.33 bits per heavy atom. The Balaban J connectivity index is 2.19. The second-order valence-electron chi connectivity index (χ2n) is 3.85. The Bertz CT molecular complexity index is 738. The summed E-state index contributed by atoms with van der Waals surface area (Å²) in [5.74, 6) is -0.732. The van der Waals surface area contributed by atoms with Crippen molar-refractivity contribution in [2.24, 2.45) is 0 Å². The van der Waals surface area contributed by atoms with Gasteiger partial charge in [-0.25, -0.2) is 17.9 Å². The third-order valence-electron chi connectivity index (χ3n) is 2.48. The molecule has 2 aromatic rings. The van der Waals surface area contributed by atoms with Crippen LogP contribution in [0, 0.1) is 0 Å². The molecule has 10 heteroatoms. The van der Waals surface area contributed by atoms with Gasteiger partial charge in [-0.1, -0.05) is 0 Å². The van der Waals surface area contributed by atoms with Gasteiger partial charge in [0.2, 0.25) is 0 Å². The monoisotopic (exact) mass is 393 g/mol. The van der Waals surface area contributed by atoms with Crippen molar-refractivity contribution < 1.29 is 17.9 Å². The Morgan fingerprint density at radius 1 is 1.57 bits per heavy atom. The van der Waals surface area contributed by atoms with Crippen molar-refractivity contribution >= 4 is 43.3 Å². The summed E-state index contributed by atoms with van der Waals surface area (Å²) in [5.41, 5.74) is -0.116. The second-order valence-corrected chi connectivity index (χ2v) is 7.41. The van der Waals surface area contributed by atoms with E-state index in [9.17, 15) is 13.2 Å². The van der Waals surface area contributed by atoms with Gasteiger partial charge in [-0.15, -0.1) is 11.3 Å². The average molecular weight is 394 g/mol. The minimum atomic E-state index is -3.89. The van der Waals surface area contributed by atoms with Crippen LogP contribution < -0.4 is 4.72 Å². The summed E-state index contributed by atoms with van der Waals surface area (Å²) in [5, 5.41) is 7.47. The lowest BCUT2D eigenvalue weighted by molar-refractivity contribution is 0.0522. The Kier molecular flexibility index (Phi) is 5.14. The van der Waals surface area contributed by atoms with Crippen molar-refractivity contribution in [2.45, 2.75) is 18.5 Å². The lowest BCUT2D eigenvalue weighted by Crippen LogP contribution is -2.25. The van der Waals surface area contributed by atoms with E-state index >= 15 is 0 Å². The van der Waals surface area contributed by atoms with Gasteiger partial charge in [0, 0.05) is 15.9 Å². The van der Waals surface area contributed by atoms with E-state index in [0.717, 1.165) is 15.5 Å². The predicted molar refractivity (Wildman–Crippen MR) is 80.6 cm³/mol. The molecule has 0 radical (unpaired) electrons. The first-order valence-corrected chi connectivity index (χ1v) is 9.03. The second kappa shape index (κ2) is 6.69. The molecule has 0 fully saturated rings. The van der Waals surface area contributed by atoms with Gasteiger partial charge < -0.3 is 4.74 Å². The normalized spacial score (nSPS) is 11.5. The van der Waals surface area contributed by atoms with E-state index in [0.29, 0.717) is 0 Å². The lowest BCUT2D eigenvalue weighted by atomic mass is 10.4. The van der Waals surface area contributed by atoms with Gasteiger partial charge in [0.05, 0.1) is 12.8 Å². The molecule has 0 saturated carbocycles. The first-order valence-electron chi connectivity index (χ1n) is 5.87. The number of carbonyl (C=O) groups is 1. The molecular formula is C11H12BrN3O4S2. The molecule has 0 unspecified atom stereocenters. The first kappa shape index (κ1) is 16.1. The Labute approximate surface area is 133 Å². The van der Waals surface area contributed by atoms with E-state index in [1.54, 1.807) is 6.92 Å². The molecule has 0 amide bonds. The molecule has 0 saturated heterocycles. The van der Waals surface area contributed by atoms with Gasteiger partial charge >= 0.3 is 5.97 Å². The summed E-state index contributed by atoms with van der Waals surface area (Å²) in [6.45, 7) is 1.90. The molecule has 114 valence electrons. The maximum absolute atomic E-state index is 12.2. The molecule has 0 atom stereocenters. The van der Waals surface area contributed by atoms with E-state index in [1.165, 1.54) is 11.3 Å². The number of aromatic amines is 1. The largest absolute Gasteiger partial charge is 0.462 e. The number of hydrogen-bond donors (Lipinski definition) is 2. The van der Waals surface area contributed by atoms with Crippen LogP contribution in [0.25, 0.3) is 0 Å². The highest BCUT2D eigenvalue weighted by Gasteiger charge is 2.25. The highest BCUT2D eigenvalue weighted by Crippen LogP contribution is 2.23. The summed E-state index contributed by atoms with van der Waals surface area (Å²) >= 11 is 4.74. The number of ether oxygens (including phenoxy) is 1. The van der Waals surface area contributed by atoms with Crippen LogP contribution in [0.1, 0.15) is 22.2 Å². The number of H-pyrrole nitrogens is 1. The number of hydrogen-bond acceptors (Lipinski definition) is 6. The summed E-state index contributed by atoms with van der Waals surface area (Å²) in [6.07, 6.45) is 1.13. The van der Waals surface area contributed by atoms with Crippen molar-refractivity contribution in [1.29, 1.82) is 0 Å². The zero-order valence-electron chi connectivity index (χ0n) is 10.9. The number of carbonyl (C=O) groups excluding carboxylic acids is 1. The third kappa shape index (κ3) is 3.70. The predicted octanol–water partition coefficient (Wildman–Crippen LogP) is 1.89. The van der Waals surface area contributed by atoms with E-state index in [-0.39, 0.29) is 23.7 Å². The van der Waals surface area contributed by atoms with Gasteiger partial charge in [-0.2, -0.15) is 5.10 Å². The minimum Gasteiger partial charge on any atom is -0.462 e. The van der Waals surface area contributed by atoms with E-state index in [4.69, 9.17) is 4.74 Å². The summed E-state index contributed by atoms with van der Waals surface area (Å²) in [4.78, 5) is 12.5. The number of halogens is 1. The first-order chi connectivity index (χ1) is 9.95. The Hall–Kier alpha value is -1.23. The molecule has 0 aliphatic carbocycles. The number of rotatable bonds is 6. The topological polar surface area (TPSA) is 101 Å². The van der Waals surface area contributed by atoms with Crippen LogP contribution in [-0.4, -0.2) is 31.2 Å². The van der Waals surface area contributed by atoms with Gasteiger partial charge in [0.15, 0.2) is 5.03 Å². The van der Waals surface area contributed by atoms with Gasteiger partial charge in [0.25, 0.3) is 10.0 Å². The summed E-state index contributed by atoms with van der Waals surface area (Å²) < 4.78 is 32.5. The van der Waals surface area contributed by atoms with Crippen LogP contribution in [0.4, 0.5) is 0 Å². The average Bonchev–Trinajstić information content (AvgIpc) is 3.05. The molecule has 0 spiro atoms. The molecule has 2 aromatic heterocycles. The fourth-order valence-electron chi connectivity index (χ4n) is 1.52. The smallest absolute Gasteiger partial charge is 0.342 e. The molecule has 0 aliphatic heterocycles. The molecular weight excluding hydrogens is 382 g/mol. The number of sulfonamides is 1. The van der Waals surface area contributed by atoms with Gasteiger partial charge in [-0.05, 0) is 34.3 Å².